The first-order chi connectivity index (χ1) is 15.2. The van der Waals surface area contributed by atoms with Crippen LogP contribution in [0.1, 0.15) is 18.1 Å². The van der Waals surface area contributed by atoms with Gasteiger partial charge in [0.25, 0.3) is 5.92 Å². The molecule has 1 aromatic heterocycles. The Hall–Kier alpha value is -3.06. The molecule has 0 bridgehead atoms. The fraction of sp³-hybridized carbons (Fsp3) is 0.316. The van der Waals surface area contributed by atoms with Crippen molar-refractivity contribution in [2.45, 2.75) is 24.6 Å². The van der Waals surface area contributed by atoms with Crippen molar-refractivity contribution >= 4 is 29.2 Å². The Morgan fingerprint density at radius 3 is 2.64 bits per heavy atom. The van der Waals surface area contributed by atoms with Gasteiger partial charge < -0.3 is 15.2 Å². The van der Waals surface area contributed by atoms with E-state index in [1.165, 1.54) is 0 Å². The number of ether oxygens (including phenoxy) is 2. The van der Waals surface area contributed by atoms with Crippen molar-refractivity contribution in [1.82, 2.24) is 4.98 Å². The van der Waals surface area contributed by atoms with Crippen molar-refractivity contribution in [3.8, 4) is 5.88 Å². The zero-order valence-corrected chi connectivity index (χ0v) is 17.4. The number of benzene rings is 1. The number of rotatable bonds is 3. The zero-order chi connectivity index (χ0) is 24.6. The number of amides is 1. The number of anilines is 1. The summed E-state index contributed by atoms with van der Waals surface area (Å²) >= 11 is 5.67. The first kappa shape index (κ1) is 24.6. The van der Waals surface area contributed by atoms with Gasteiger partial charge in [-0.3, -0.25) is 10.3 Å². The van der Waals surface area contributed by atoms with Gasteiger partial charge in [0, 0.05) is 17.4 Å². The minimum absolute atomic E-state index is 0.185. The molecule has 14 heteroatoms. The molecular weight excluding hydrogens is 482 g/mol. The van der Waals surface area contributed by atoms with Crippen LogP contribution in [0, 0.1) is 5.82 Å². The average molecular weight is 497 g/mol. The predicted octanol–water partition coefficient (Wildman–Crippen LogP) is 4.74. The van der Waals surface area contributed by atoms with Crippen molar-refractivity contribution in [2.75, 3.05) is 18.5 Å². The molecule has 178 valence electrons. The van der Waals surface area contributed by atoms with Crippen molar-refractivity contribution in [2.24, 2.45) is 10.7 Å². The van der Waals surface area contributed by atoms with Crippen LogP contribution in [0.2, 0.25) is 5.02 Å². The molecule has 1 aromatic carbocycles. The monoisotopic (exact) mass is 496 g/mol. The molecule has 1 aliphatic rings. The van der Waals surface area contributed by atoms with Crippen LogP contribution >= 0.6 is 11.6 Å². The molecule has 0 spiro atoms. The number of hydrogen-bond donors (Lipinski definition) is 2. The van der Waals surface area contributed by atoms with E-state index in [-0.39, 0.29) is 18.1 Å². The summed E-state index contributed by atoms with van der Waals surface area (Å²) in [6.07, 6.45) is -5.58. The third kappa shape index (κ3) is 5.14. The third-order valence-electron chi connectivity index (χ3n) is 4.67. The minimum atomic E-state index is -4.71. The second-order valence-electron chi connectivity index (χ2n) is 7.09. The number of aliphatic imine (C=N–C) groups is 1. The molecule has 1 amide bonds. The summed E-state index contributed by atoms with van der Waals surface area (Å²) in [4.78, 5) is 19.2. The maximum Gasteiger partial charge on any atom is 0.418 e. The number of carbonyl (C=O) groups excluding carboxylic acids is 1. The SMILES string of the molecule is CC1(c2cc(NC(=O)Oc3ncc(C(F)(F)F)cc3Cl)ccc2F)N=C(N)COCC1(F)F. The molecule has 1 aliphatic heterocycles. The van der Waals surface area contributed by atoms with Crippen LogP contribution in [0.4, 0.5) is 36.8 Å². The van der Waals surface area contributed by atoms with E-state index in [0.29, 0.717) is 12.3 Å². The molecule has 0 saturated carbocycles. The number of halogens is 7. The van der Waals surface area contributed by atoms with Crippen LogP contribution in [-0.2, 0) is 16.5 Å². The lowest BCUT2D eigenvalue weighted by Crippen LogP contribution is -2.45. The molecule has 0 fully saturated rings. The molecule has 33 heavy (non-hydrogen) atoms. The maximum atomic E-state index is 14.7. The molecule has 3 N–H and O–H groups in total. The van der Waals surface area contributed by atoms with Gasteiger partial charge in [-0.25, -0.2) is 22.9 Å². The number of hydrogen-bond acceptors (Lipinski definition) is 6. The van der Waals surface area contributed by atoms with Crippen LogP contribution < -0.4 is 15.8 Å². The Morgan fingerprint density at radius 1 is 1.30 bits per heavy atom. The van der Waals surface area contributed by atoms with Crippen LogP contribution in [0.25, 0.3) is 0 Å². The molecule has 3 rings (SSSR count). The number of pyridine rings is 1. The van der Waals surface area contributed by atoms with Crippen LogP contribution in [0.5, 0.6) is 5.88 Å². The molecular formula is C19H15ClF6N4O3. The molecule has 1 atom stereocenters. The number of alkyl halides is 5. The van der Waals surface area contributed by atoms with E-state index in [9.17, 15) is 31.1 Å². The third-order valence-corrected chi connectivity index (χ3v) is 4.94. The molecule has 2 heterocycles. The Morgan fingerprint density at radius 2 is 2.00 bits per heavy atom. The highest BCUT2D eigenvalue weighted by atomic mass is 35.5. The fourth-order valence-electron chi connectivity index (χ4n) is 2.95. The van der Waals surface area contributed by atoms with E-state index in [1.807, 2.05) is 0 Å². The average Bonchev–Trinajstić information content (AvgIpc) is 2.79. The number of nitrogens with one attached hydrogen (secondary N) is 1. The smallest absolute Gasteiger partial charge is 0.389 e. The molecule has 2 aromatic rings. The highest BCUT2D eigenvalue weighted by Crippen LogP contribution is 2.44. The van der Waals surface area contributed by atoms with Crippen molar-refractivity contribution in [1.29, 1.82) is 0 Å². The van der Waals surface area contributed by atoms with Crippen LogP contribution in [0.15, 0.2) is 35.5 Å². The van der Waals surface area contributed by atoms with E-state index >= 15 is 0 Å². The molecule has 7 nitrogen and oxygen atoms in total. The van der Waals surface area contributed by atoms with Gasteiger partial charge in [-0.1, -0.05) is 11.6 Å². The Kier molecular flexibility index (Phi) is 6.48. The molecule has 0 saturated heterocycles. The lowest BCUT2D eigenvalue weighted by Gasteiger charge is -2.33. The Labute approximate surface area is 187 Å². The van der Waals surface area contributed by atoms with E-state index in [0.717, 1.165) is 25.1 Å². The summed E-state index contributed by atoms with van der Waals surface area (Å²) in [5.74, 6) is -5.63. The highest BCUT2D eigenvalue weighted by Gasteiger charge is 2.54. The lowest BCUT2D eigenvalue weighted by atomic mass is 9.85. The van der Waals surface area contributed by atoms with Gasteiger partial charge in [-0.2, -0.15) is 13.2 Å². The van der Waals surface area contributed by atoms with Crippen molar-refractivity contribution < 1.29 is 40.6 Å². The minimum Gasteiger partial charge on any atom is -0.389 e. The lowest BCUT2D eigenvalue weighted by molar-refractivity contribution is -0.137. The van der Waals surface area contributed by atoms with Gasteiger partial charge in [0.15, 0.2) is 5.54 Å². The Balaban J connectivity index is 1.86. The summed E-state index contributed by atoms with van der Waals surface area (Å²) < 4.78 is 91.6. The molecule has 0 radical (unpaired) electrons. The van der Waals surface area contributed by atoms with Gasteiger partial charge >= 0.3 is 12.3 Å². The van der Waals surface area contributed by atoms with Crippen LogP contribution in [0.3, 0.4) is 0 Å². The number of aromatic nitrogens is 1. The van der Waals surface area contributed by atoms with Crippen molar-refractivity contribution in [3.63, 3.8) is 0 Å². The Bertz CT molecular complexity index is 1110. The second-order valence-corrected chi connectivity index (χ2v) is 7.50. The van der Waals surface area contributed by atoms with Gasteiger partial charge in [-0.15, -0.1) is 0 Å². The summed E-state index contributed by atoms with van der Waals surface area (Å²) in [7, 11) is 0. The predicted molar refractivity (Wildman–Crippen MR) is 105 cm³/mol. The van der Waals surface area contributed by atoms with Gasteiger partial charge in [0.1, 0.15) is 29.9 Å². The van der Waals surface area contributed by atoms with Gasteiger partial charge in [0.05, 0.1) is 5.56 Å². The van der Waals surface area contributed by atoms with Gasteiger partial charge in [-0.05, 0) is 31.2 Å². The normalized spacial score (nSPS) is 20.5. The first-order valence-electron chi connectivity index (χ1n) is 9.04. The maximum absolute atomic E-state index is 14.7. The topological polar surface area (TPSA) is 98.8 Å². The van der Waals surface area contributed by atoms with E-state index in [2.05, 4.69) is 15.3 Å². The summed E-state index contributed by atoms with van der Waals surface area (Å²) in [6, 6.07) is 3.26. The van der Waals surface area contributed by atoms with E-state index in [1.54, 1.807) is 0 Å². The van der Waals surface area contributed by atoms with Crippen molar-refractivity contribution in [3.05, 3.63) is 52.4 Å². The number of nitrogens with two attached hydrogens (primary N) is 1. The number of carbonyl (C=O) groups is 1. The summed E-state index contributed by atoms with van der Waals surface area (Å²) in [5.41, 5.74) is 1.16. The van der Waals surface area contributed by atoms with E-state index < -0.39 is 58.2 Å². The number of nitrogens with zero attached hydrogens (tertiary/aromatic N) is 2. The number of amidine groups is 1. The zero-order valence-electron chi connectivity index (χ0n) is 16.6. The molecule has 1 unspecified atom stereocenters. The second kappa shape index (κ2) is 8.71. The largest absolute Gasteiger partial charge is 0.418 e. The highest BCUT2D eigenvalue weighted by molar-refractivity contribution is 6.32. The fourth-order valence-corrected chi connectivity index (χ4v) is 3.15. The summed E-state index contributed by atoms with van der Waals surface area (Å²) in [6.45, 7) is -0.496. The standard InChI is InChI=1S/C19H15ClF6N4O3/c1-17(18(22,23)8-32-7-14(27)30-17)11-5-10(2-3-13(11)21)29-16(31)33-15-12(20)4-9(6-28-15)19(24,25)26/h2-6H,7-8H2,1H3,(H2,27,30)(H,29,31). The van der Waals surface area contributed by atoms with Crippen LogP contribution in [-0.4, -0.2) is 36.0 Å². The summed E-state index contributed by atoms with van der Waals surface area (Å²) in [5, 5.41) is 1.53. The van der Waals surface area contributed by atoms with Gasteiger partial charge in [0.2, 0.25) is 5.88 Å². The quantitative estimate of drug-likeness (QED) is 0.598. The first-order valence-corrected chi connectivity index (χ1v) is 9.42. The van der Waals surface area contributed by atoms with E-state index in [4.69, 9.17) is 26.8 Å². The molecule has 0 aliphatic carbocycles.